The zero-order valence-corrected chi connectivity index (χ0v) is 14.9. The van der Waals surface area contributed by atoms with E-state index in [1.807, 2.05) is 30.7 Å². The maximum atomic E-state index is 5.71. The van der Waals surface area contributed by atoms with Gasteiger partial charge in [-0.3, -0.25) is 0 Å². The zero-order chi connectivity index (χ0) is 17.0. The van der Waals surface area contributed by atoms with Gasteiger partial charge in [-0.25, -0.2) is 4.98 Å². The second kappa shape index (κ2) is 7.21. The second-order valence-electron chi connectivity index (χ2n) is 6.06. The van der Waals surface area contributed by atoms with Gasteiger partial charge >= 0.3 is 0 Å². The highest BCUT2D eigenvalue weighted by Crippen LogP contribution is 2.52. The normalized spacial score (nSPS) is 14.9. The van der Waals surface area contributed by atoms with Crippen LogP contribution in [0.25, 0.3) is 0 Å². The largest absolute Gasteiger partial charge is 0.497 e. The molecule has 6 heteroatoms. The Morgan fingerprint density at radius 1 is 1.33 bits per heavy atom. The van der Waals surface area contributed by atoms with Gasteiger partial charge in [0.1, 0.15) is 11.5 Å². The first-order valence-corrected chi connectivity index (χ1v) is 8.57. The van der Waals surface area contributed by atoms with Gasteiger partial charge in [0, 0.05) is 36.5 Å². The molecule has 0 aliphatic heterocycles. The molecule has 1 heterocycles. The van der Waals surface area contributed by atoms with Crippen molar-refractivity contribution in [2.45, 2.75) is 31.2 Å². The van der Waals surface area contributed by atoms with Gasteiger partial charge in [-0.1, -0.05) is 12.2 Å². The molecule has 1 aromatic heterocycles. The predicted octanol–water partition coefficient (Wildman–Crippen LogP) is 2.94. The Labute approximate surface area is 148 Å². The molecule has 128 valence electrons. The number of nitrogens with zero attached hydrogens (tertiary/aromatic N) is 2. The molecular weight excluding hydrogens is 322 g/mol. The molecule has 3 rings (SSSR count). The molecule has 1 N–H and O–H groups in total. The number of aromatic nitrogens is 2. The van der Waals surface area contributed by atoms with Gasteiger partial charge in [-0.15, -0.1) is 0 Å². The molecule has 0 bridgehead atoms. The Bertz CT molecular complexity index is 696. The minimum Gasteiger partial charge on any atom is -0.497 e. The molecule has 0 unspecified atom stereocenters. The van der Waals surface area contributed by atoms with Crippen molar-refractivity contribution in [2.24, 2.45) is 0 Å². The van der Waals surface area contributed by atoms with Gasteiger partial charge in [0.05, 0.1) is 25.5 Å². The van der Waals surface area contributed by atoms with Crippen LogP contribution in [-0.4, -0.2) is 35.3 Å². The third kappa shape index (κ3) is 3.38. The van der Waals surface area contributed by atoms with E-state index in [0.29, 0.717) is 0 Å². The Morgan fingerprint density at radius 3 is 2.79 bits per heavy atom. The highest BCUT2D eigenvalue weighted by molar-refractivity contribution is 7.80. The lowest BCUT2D eigenvalue weighted by molar-refractivity contribution is 0.397. The van der Waals surface area contributed by atoms with Crippen molar-refractivity contribution in [1.29, 1.82) is 0 Å². The van der Waals surface area contributed by atoms with E-state index in [4.69, 9.17) is 21.7 Å². The fraction of sp³-hybridized carbons (Fsp3) is 0.444. The molecule has 1 saturated carbocycles. The van der Waals surface area contributed by atoms with E-state index in [2.05, 4.69) is 14.9 Å². The Kier molecular flexibility index (Phi) is 5.04. The standard InChI is InChI=1S/C18H23N3O2S/c1-22-14-4-5-16(23-2)15(12-14)18(6-7-18)17(24)20-8-3-10-21-11-9-19-13-21/h4-5,9,11-13H,3,6-8,10H2,1-2H3,(H,20,24). The first-order valence-electron chi connectivity index (χ1n) is 8.16. The summed E-state index contributed by atoms with van der Waals surface area (Å²) in [4.78, 5) is 4.95. The lowest BCUT2D eigenvalue weighted by Gasteiger charge is -2.22. The number of ether oxygens (including phenoxy) is 2. The number of imidazole rings is 1. The van der Waals surface area contributed by atoms with Gasteiger partial charge in [0.25, 0.3) is 0 Å². The van der Waals surface area contributed by atoms with Crippen LogP contribution in [0.15, 0.2) is 36.9 Å². The van der Waals surface area contributed by atoms with E-state index in [0.717, 1.165) is 54.4 Å². The summed E-state index contributed by atoms with van der Waals surface area (Å²) < 4.78 is 13.0. The summed E-state index contributed by atoms with van der Waals surface area (Å²) in [6.07, 6.45) is 8.70. The number of hydrogen-bond donors (Lipinski definition) is 1. The van der Waals surface area contributed by atoms with Crippen LogP contribution in [0.4, 0.5) is 0 Å². The minimum atomic E-state index is -0.107. The zero-order valence-electron chi connectivity index (χ0n) is 14.1. The van der Waals surface area contributed by atoms with Crippen molar-refractivity contribution in [3.05, 3.63) is 42.5 Å². The molecule has 24 heavy (non-hydrogen) atoms. The maximum absolute atomic E-state index is 5.71. The van der Waals surface area contributed by atoms with Gasteiger partial charge < -0.3 is 19.4 Å². The van der Waals surface area contributed by atoms with Gasteiger partial charge in [-0.2, -0.15) is 0 Å². The monoisotopic (exact) mass is 345 g/mol. The number of thiocarbonyl (C=S) groups is 1. The molecule has 1 aliphatic rings. The fourth-order valence-electron chi connectivity index (χ4n) is 2.98. The van der Waals surface area contributed by atoms with Crippen LogP contribution >= 0.6 is 12.2 Å². The van der Waals surface area contributed by atoms with Crippen LogP contribution in [0.1, 0.15) is 24.8 Å². The van der Waals surface area contributed by atoms with E-state index < -0.39 is 0 Å². The van der Waals surface area contributed by atoms with Crippen LogP contribution in [0.2, 0.25) is 0 Å². The van der Waals surface area contributed by atoms with Gasteiger partial charge in [0.15, 0.2) is 0 Å². The summed E-state index contributed by atoms with van der Waals surface area (Å²) in [6, 6.07) is 5.92. The van der Waals surface area contributed by atoms with Crippen molar-refractivity contribution < 1.29 is 9.47 Å². The first-order chi connectivity index (χ1) is 11.7. The summed E-state index contributed by atoms with van der Waals surface area (Å²) in [5.41, 5.74) is 1.01. The average molecular weight is 345 g/mol. The Balaban J connectivity index is 1.63. The number of methoxy groups -OCH3 is 2. The van der Waals surface area contributed by atoms with Crippen LogP contribution in [0.3, 0.4) is 0 Å². The molecule has 0 spiro atoms. The van der Waals surface area contributed by atoms with Crippen molar-refractivity contribution in [1.82, 2.24) is 14.9 Å². The number of nitrogens with one attached hydrogen (secondary N) is 1. The van der Waals surface area contributed by atoms with Crippen molar-refractivity contribution >= 4 is 17.2 Å². The molecule has 1 aliphatic carbocycles. The topological polar surface area (TPSA) is 48.3 Å². The maximum Gasteiger partial charge on any atom is 0.123 e. The average Bonchev–Trinajstić information content (AvgIpc) is 3.27. The van der Waals surface area contributed by atoms with Crippen molar-refractivity contribution in [2.75, 3.05) is 20.8 Å². The smallest absolute Gasteiger partial charge is 0.123 e. The van der Waals surface area contributed by atoms with Crippen molar-refractivity contribution in [3.63, 3.8) is 0 Å². The molecule has 2 aromatic rings. The molecule has 1 aromatic carbocycles. The van der Waals surface area contributed by atoms with E-state index in [-0.39, 0.29) is 5.41 Å². The molecule has 0 atom stereocenters. The molecule has 5 nitrogen and oxygen atoms in total. The van der Waals surface area contributed by atoms with E-state index in [1.54, 1.807) is 20.4 Å². The quantitative estimate of drug-likeness (QED) is 0.589. The number of rotatable bonds is 8. The second-order valence-corrected chi connectivity index (χ2v) is 6.47. The summed E-state index contributed by atoms with van der Waals surface area (Å²) in [5.74, 6) is 1.70. The molecule has 1 fully saturated rings. The number of benzene rings is 1. The summed E-state index contributed by atoms with van der Waals surface area (Å²) in [7, 11) is 3.38. The number of hydrogen-bond acceptors (Lipinski definition) is 4. The third-order valence-electron chi connectivity index (χ3n) is 4.54. The van der Waals surface area contributed by atoms with Crippen molar-refractivity contribution in [3.8, 4) is 11.5 Å². The predicted molar refractivity (Wildman–Crippen MR) is 97.9 cm³/mol. The van der Waals surface area contributed by atoms with E-state index in [9.17, 15) is 0 Å². The van der Waals surface area contributed by atoms with Crippen LogP contribution in [-0.2, 0) is 12.0 Å². The number of aryl methyl sites for hydroxylation is 1. The molecule has 0 saturated heterocycles. The highest BCUT2D eigenvalue weighted by atomic mass is 32.1. The van der Waals surface area contributed by atoms with Crippen LogP contribution in [0.5, 0.6) is 11.5 Å². The molecule has 0 radical (unpaired) electrons. The van der Waals surface area contributed by atoms with Crippen LogP contribution in [0, 0.1) is 0 Å². The SMILES string of the molecule is COc1ccc(OC)c(C2(C(=S)NCCCn3ccnc3)CC2)c1. The van der Waals surface area contributed by atoms with Gasteiger partial charge in [-0.05, 0) is 37.5 Å². The first kappa shape index (κ1) is 16.8. The summed E-state index contributed by atoms with van der Waals surface area (Å²) in [5, 5.41) is 3.44. The van der Waals surface area contributed by atoms with E-state index in [1.165, 1.54) is 0 Å². The van der Waals surface area contributed by atoms with Gasteiger partial charge in [0.2, 0.25) is 0 Å². The fourth-order valence-corrected chi connectivity index (χ4v) is 3.40. The Hall–Kier alpha value is -2.08. The Morgan fingerprint density at radius 2 is 2.17 bits per heavy atom. The summed E-state index contributed by atoms with van der Waals surface area (Å²) >= 11 is 5.71. The minimum absolute atomic E-state index is 0.107. The molecular formula is C18H23N3O2S. The highest BCUT2D eigenvalue weighted by Gasteiger charge is 2.50. The molecule has 0 amide bonds. The lowest BCUT2D eigenvalue weighted by Crippen LogP contribution is -2.34. The third-order valence-corrected chi connectivity index (χ3v) is 5.08. The summed E-state index contributed by atoms with van der Waals surface area (Å²) in [6.45, 7) is 1.79. The van der Waals surface area contributed by atoms with E-state index >= 15 is 0 Å². The van der Waals surface area contributed by atoms with Crippen LogP contribution < -0.4 is 14.8 Å². The lowest BCUT2D eigenvalue weighted by atomic mass is 9.94.